The molecule has 0 aliphatic carbocycles. The SMILES string of the molecule is CCCn1cc(C(=O)N2CCOCC2C(=O)O)cn1. The van der Waals surface area contributed by atoms with Gasteiger partial charge in [-0.2, -0.15) is 5.10 Å². The molecule has 7 nitrogen and oxygen atoms in total. The van der Waals surface area contributed by atoms with E-state index in [2.05, 4.69) is 5.10 Å². The molecule has 19 heavy (non-hydrogen) atoms. The zero-order valence-electron chi connectivity index (χ0n) is 10.8. The van der Waals surface area contributed by atoms with Crippen LogP contribution < -0.4 is 0 Å². The lowest BCUT2D eigenvalue weighted by atomic mass is 10.2. The average molecular weight is 267 g/mol. The topological polar surface area (TPSA) is 84.7 Å². The van der Waals surface area contributed by atoms with Crippen molar-refractivity contribution in [2.75, 3.05) is 19.8 Å². The first-order valence-corrected chi connectivity index (χ1v) is 6.27. The lowest BCUT2D eigenvalue weighted by molar-refractivity contribution is -0.147. The van der Waals surface area contributed by atoms with Crippen LogP contribution in [0, 0.1) is 0 Å². The summed E-state index contributed by atoms with van der Waals surface area (Å²) < 4.78 is 6.79. The Kier molecular flexibility index (Phi) is 4.16. The third-order valence-corrected chi connectivity index (χ3v) is 3.01. The number of rotatable bonds is 4. The van der Waals surface area contributed by atoms with Gasteiger partial charge in [-0.25, -0.2) is 4.79 Å². The summed E-state index contributed by atoms with van der Waals surface area (Å²) in [5.41, 5.74) is 0.418. The number of aryl methyl sites for hydroxylation is 1. The van der Waals surface area contributed by atoms with Gasteiger partial charge in [-0.15, -0.1) is 0 Å². The number of carboxylic acids is 1. The summed E-state index contributed by atoms with van der Waals surface area (Å²) in [6, 6.07) is -0.921. The van der Waals surface area contributed by atoms with Gasteiger partial charge in [0.05, 0.1) is 25.0 Å². The maximum absolute atomic E-state index is 12.3. The van der Waals surface area contributed by atoms with E-state index in [-0.39, 0.29) is 19.1 Å². The number of carbonyl (C=O) groups is 2. The molecule has 0 radical (unpaired) electrons. The second-order valence-electron chi connectivity index (χ2n) is 4.42. The zero-order chi connectivity index (χ0) is 13.8. The molecule has 1 aliphatic heterocycles. The van der Waals surface area contributed by atoms with Crippen LogP contribution in [0.2, 0.25) is 0 Å². The summed E-state index contributed by atoms with van der Waals surface area (Å²) in [5.74, 6) is -1.35. The smallest absolute Gasteiger partial charge is 0.328 e. The van der Waals surface area contributed by atoms with E-state index in [1.54, 1.807) is 10.9 Å². The Balaban J connectivity index is 2.14. The number of aromatic nitrogens is 2. The predicted molar refractivity (Wildman–Crippen MR) is 65.8 cm³/mol. The highest BCUT2D eigenvalue weighted by Gasteiger charge is 2.33. The van der Waals surface area contributed by atoms with Crippen LogP contribution in [0.25, 0.3) is 0 Å². The fraction of sp³-hybridized carbons (Fsp3) is 0.583. The largest absolute Gasteiger partial charge is 0.480 e. The summed E-state index contributed by atoms with van der Waals surface area (Å²) >= 11 is 0. The van der Waals surface area contributed by atoms with Crippen LogP contribution in [-0.2, 0) is 16.1 Å². The van der Waals surface area contributed by atoms with Crippen LogP contribution in [0.3, 0.4) is 0 Å². The van der Waals surface area contributed by atoms with Gasteiger partial charge in [0.1, 0.15) is 0 Å². The molecule has 0 spiro atoms. The monoisotopic (exact) mass is 267 g/mol. The Morgan fingerprint density at radius 3 is 3.05 bits per heavy atom. The van der Waals surface area contributed by atoms with E-state index in [9.17, 15) is 9.59 Å². The summed E-state index contributed by atoms with van der Waals surface area (Å²) in [4.78, 5) is 24.7. The molecule has 0 aromatic carbocycles. The Morgan fingerprint density at radius 2 is 2.37 bits per heavy atom. The zero-order valence-corrected chi connectivity index (χ0v) is 10.8. The number of hydrogen-bond donors (Lipinski definition) is 1. The van der Waals surface area contributed by atoms with E-state index >= 15 is 0 Å². The summed E-state index contributed by atoms with van der Waals surface area (Å²) in [5, 5.41) is 13.2. The molecule has 1 aromatic heterocycles. The fourth-order valence-corrected chi connectivity index (χ4v) is 2.04. The van der Waals surface area contributed by atoms with Crippen molar-refractivity contribution >= 4 is 11.9 Å². The van der Waals surface area contributed by atoms with Gasteiger partial charge < -0.3 is 14.7 Å². The molecule has 0 saturated carbocycles. The lowest BCUT2D eigenvalue weighted by Crippen LogP contribution is -2.52. The van der Waals surface area contributed by atoms with Gasteiger partial charge in [0.2, 0.25) is 0 Å². The molecule has 1 N–H and O–H groups in total. The van der Waals surface area contributed by atoms with Crippen molar-refractivity contribution in [2.45, 2.75) is 25.9 Å². The van der Waals surface area contributed by atoms with Crippen LogP contribution >= 0.6 is 0 Å². The van der Waals surface area contributed by atoms with Crippen molar-refractivity contribution in [3.8, 4) is 0 Å². The molecule has 2 rings (SSSR count). The normalized spacial score (nSPS) is 19.4. The van der Waals surface area contributed by atoms with Crippen molar-refractivity contribution in [3.05, 3.63) is 18.0 Å². The van der Waals surface area contributed by atoms with E-state index in [0.29, 0.717) is 12.2 Å². The van der Waals surface area contributed by atoms with Crippen LogP contribution in [0.5, 0.6) is 0 Å². The minimum Gasteiger partial charge on any atom is -0.480 e. The molecule has 1 saturated heterocycles. The van der Waals surface area contributed by atoms with Crippen molar-refractivity contribution in [3.63, 3.8) is 0 Å². The van der Waals surface area contributed by atoms with Gasteiger partial charge in [-0.3, -0.25) is 9.48 Å². The third kappa shape index (κ3) is 2.93. The maximum Gasteiger partial charge on any atom is 0.328 e. The summed E-state index contributed by atoms with van der Waals surface area (Å²) in [6.07, 6.45) is 4.05. The van der Waals surface area contributed by atoms with Gasteiger partial charge in [-0.05, 0) is 6.42 Å². The molecule has 2 heterocycles. The third-order valence-electron chi connectivity index (χ3n) is 3.01. The molecule has 1 amide bonds. The van der Waals surface area contributed by atoms with Crippen LogP contribution in [-0.4, -0.2) is 57.5 Å². The highest BCUT2D eigenvalue weighted by molar-refractivity contribution is 5.96. The Hall–Kier alpha value is -1.89. The number of carbonyl (C=O) groups excluding carboxylic acids is 1. The molecule has 0 bridgehead atoms. The average Bonchev–Trinajstić information content (AvgIpc) is 2.87. The van der Waals surface area contributed by atoms with Gasteiger partial charge in [0, 0.05) is 19.3 Å². The molecule has 7 heteroatoms. The first kappa shape index (κ1) is 13.5. The van der Waals surface area contributed by atoms with Gasteiger partial charge in [0.25, 0.3) is 5.91 Å². The van der Waals surface area contributed by atoms with E-state index in [0.717, 1.165) is 13.0 Å². The molecular weight excluding hydrogens is 250 g/mol. The molecule has 1 aromatic rings. The van der Waals surface area contributed by atoms with Crippen LogP contribution in [0.4, 0.5) is 0 Å². The van der Waals surface area contributed by atoms with E-state index in [1.807, 2.05) is 6.92 Å². The van der Waals surface area contributed by atoms with Gasteiger partial charge in [-0.1, -0.05) is 6.92 Å². The molecule has 1 aliphatic rings. The number of aliphatic carboxylic acids is 1. The minimum atomic E-state index is -1.05. The molecular formula is C12H17N3O4. The molecule has 104 valence electrons. The lowest BCUT2D eigenvalue weighted by Gasteiger charge is -2.32. The number of carboxylic acid groups (broad SMARTS) is 1. The maximum atomic E-state index is 12.3. The number of hydrogen-bond acceptors (Lipinski definition) is 4. The predicted octanol–water partition coefficient (Wildman–Crippen LogP) is 0.219. The highest BCUT2D eigenvalue weighted by atomic mass is 16.5. The number of nitrogens with zero attached hydrogens (tertiary/aromatic N) is 3. The summed E-state index contributed by atoms with van der Waals surface area (Å²) in [7, 11) is 0. The van der Waals surface area contributed by atoms with Crippen molar-refractivity contribution < 1.29 is 19.4 Å². The minimum absolute atomic E-state index is 0.0319. The first-order chi connectivity index (χ1) is 9.13. The molecule has 1 atom stereocenters. The molecule has 1 unspecified atom stereocenters. The van der Waals surface area contributed by atoms with E-state index < -0.39 is 12.0 Å². The van der Waals surface area contributed by atoms with Crippen molar-refractivity contribution in [2.24, 2.45) is 0 Å². The first-order valence-electron chi connectivity index (χ1n) is 6.27. The van der Waals surface area contributed by atoms with Crippen LogP contribution in [0.1, 0.15) is 23.7 Å². The van der Waals surface area contributed by atoms with Gasteiger partial charge >= 0.3 is 5.97 Å². The van der Waals surface area contributed by atoms with E-state index in [1.165, 1.54) is 11.1 Å². The fourth-order valence-electron chi connectivity index (χ4n) is 2.04. The number of amides is 1. The Bertz CT molecular complexity index is 471. The quantitative estimate of drug-likeness (QED) is 0.843. The van der Waals surface area contributed by atoms with Crippen molar-refractivity contribution in [1.82, 2.24) is 14.7 Å². The Labute approximate surface area is 110 Å². The summed E-state index contributed by atoms with van der Waals surface area (Å²) in [6.45, 7) is 3.43. The second-order valence-corrected chi connectivity index (χ2v) is 4.42. The molecule has 1 fully saturated rings. The Morgan fingerprint density at radius 1 is 1.58 bits per heavy atom. The number of morpholine rings is 1. The highest BCUT2D eigenvalue weighted by Crippen LogP contribution is 2.12. The van der Waals surface area contributed by atoms with Gasteiger partial charge in [0.15, 0.2) is 6.04 Å². The number of ether oxygens (including phenoxy) is 1. The van der Waals surface area contributed by atoms with Crippen molar-refractivity contribution in [1.29, 1.82) is 0 Å². The second kappa shape index (κ2) is 5.83. The van der Waals surface area contributed by atoms with E-state index in [4.69, 9.17) is 9.84 Å². The standard InChI is InChI=1S/C12H17N3O4/c1-2-3-14-7-9(6-13-14)11(16)15-4-5-19-8-10(15)12(17)18/h6-7,10H,2-5,8H2,1H3,(H,17,18). The van der Waals surface area contributed by atoms with Crippen LogP contribution in [0.15, 0.2) is 12.4 Å².